The molecule has 4 heteroatoms. The number of para-hydroxylation sites is 3. The summed E-state index contributed by atoms with van der Waals surface area (Å²) in [5, 5.41) is 2.85. The number of benzene rings is 3. The van der Waals surface area contributed by atoms with Gasteiger partial charge in [-0.05, 0) is 42.5 Å². The van der Waals surface area contributed by atoms with Crippen molar-refractivity contribution in [2.45, 2.75) is 0 Å². The van der Waals surface area contributed by atoms with Gasteiger partial charge in [-0.3, -0.25) is 4.79 Å². The van der Waals surface area contributed by atoms with Crippen LogP contribution in [0.1, 0.15) is 10.4 Å². The van der Waals surface area contributed by atoms with E-state index in [-0.39, 0.29) is 5.91 Å². The largest absolute Gasteiger partial charge is 0.455 e. The molecule has 0 atom stereocenters. The zero-order valence-electron chi connectivity index (χ0n) is 12.4. The Bertz CT molecular complexity index is 816. The standard InChI is InChI=1S/C19H16N2O2/c20-15-8-6-7-14(13-15)19(22)21-17-11-4-5-12-18(17)23-16-9-2-1-3-10-16/h1-13H,20H2,(H,21,22). The Morgan fingerprint density at radius 2 is 1.61 bits per heavy atom. The van der Waals surface area contributed by atoms with Crippen LogP contribution in [0, 0.1) is 0 Å². The van der Waals surface area contributed by atoms with Crippen LogP contribution in [-0.2, 0) is 0 Å². The average molecular weight is 304 g/mol. The molecule has 0 fully saturated rings. The summed E-state index contributed by atoms with van der Waals surface area (Å²) in [4.78, 5) is 12.3. The number of anilines is 2. The van der Waals surface area contributed by atoms with E-state index in [1.165, 1.54) is 0 Å². The highest BCUT2D eigenvalue weighted by Gasteiger charge is 2.10. The molecule has 0 aliphatic heterocycles. The predicted molar refractivity (Wildman–Crippen MR) is 91.8 cm³/mol. The van der Waals surface area contributed by atoms with Gasteiger partial charge in [0.2, 0.25) is 0 Å². The van der Waals surface area contributed by atoms with Gasteiger partial charge < -0.3 is 15.8 Å². The van der Waals surface area contributed by atoms with Crippen LogP contribution in [0.25, 0.3) is 0 Å². The molecule has 114 valence electrons. The Balaban J connectivity index is 1.82. The number of carbonyl (C=O) groups is 1. The van der Waals surface area contributed by atoms with Gasteiger partial charge in [0.05, 0.1) is 5.69 Å². The van der Waals surface area contributed by atoms with Crippen LogP contribution in [-0.4, -0.2) is 5.91 Å². The monoisotopic (exact) mass is 304 g/mol. The molecular formula is C19H16N2O2. The zero-order valence-corrected chi connectivity index (χ0v) is 12.4. The molecule has 0 unspecified atom stereocenters. The summed E-state index contributed by atoms with van der Waals surface area (Å²) in [6, 6.07) is 23.5. The van der Waals surface area contributed by atoms with Gasteiger partial charge in [-0.15, -0.1) is 0 Å². The summed E-state index contributed by atoms with van der Waals surface area (Å²) in [6.45, 7) is 0. The number of amides is 1. The Hall–Kier alpha value is -3.27. The van der Waals surface area contributed by atoms with Crippen LogP contribution in [0.5, 0.6) is 11.5 Å². The van der Waals surface area contributed by atoms with Gasteiger partial charge in [0, 0.05) is 11.3 Å². The molecular weight excluding hydrogens is 288 g/mol. The third-order valence-corrected chi connectivity index (χ3v) is 3.26. The highest BCUT2D eigenvalue weighted by Crippen LogP contribution is 2.29. The van der Waals surface area contributed by atoms with E-state index < -0.39 is 0 Å². The van der Waals surface area contributed by atoms with Crippen molar-refractivity contribution in [2.75, 3.05) is 11.1 Å². The molecule has 0 aliphatic carbocycles. The minimum absolute atomic E-state index is 0.235. The molecule has 0 saturated carbocycles. The number of nitrogens with two attached hydrogens (primary N) is 1. The molecule has 3 aromatic carbocycles. The lowest BCUT2D eigenvalue weighted by Gasteiger charge is -2.12. The first-order valence-electron chi connectivity index (χ1n) is 7.21. The lowest BCUT2D eigenvalue weighted by atomic mass is 10.2. The minimum Gasteiger partial charge on any atom is -0.455 e. The number of nitrogen functional groups attached to an aromatic ring is 1. The van der Waals surface area contributed by atoms with Gasteiger partial charge in [-0.2, -0.15) is 0 Å². The quantitative estimate of drug-likeness (QED) is 0.706. The fourth-order valence-electron chi connectivity index (χ4n) is 2.15. The summed E-state index contributed by atoms with van der Waals surface area (Å²) in [5.41, 5.74) is 7.37. The smallest absolute Gasteiger partial charge is 0.255 e. The molecule has 0 spiro atoms. The lowest BCUT2D eigenvalue weighted by molar-refractivity contribution is 0.102. The molecule has 1 amide bonds. The zero-order chi connectivity index (χ0) is 16.1. The van der Waals surface area contributed by atoms with Gasteiger partial charge in [0.15, 0.2) is 5.75 Å². The molecule has 3 N–H and O–H groups in total. The second kappa shape index (κ2) is 6.66. The third kappa shape index (κ3) is 3.68. The molecule has 0 aromatic heterocycles. The third-order valence-electron chi connectivity index (χ3n) is 3.26. The molecule has 0 heterocycles. The van der Waals surface area contributed by atoms with Gasteiger partial charge in [-0.1, -0.05) is 36.4 Å². The first kappa shape index (κ1) is 14.7. The molecule has 0 aliphatic rings. The van der Waals surface area contributed by atoms with E-state index in [1.54, 1.807) is 30.3 Å². The molecule has 3 aromatic rings. The molecule has 0 radical (unpaired) electrons. The van der Waals surface area contributed by atoms with Crippen molar-refractivity contribution in [3.8, 4) is 11.5 Å². The minimum atomic E-state index is -0.235. The highest BCUT2D eigenvalue weighted by molar-refractivity contribution is 6.05. The lowest BCUT2D eigenvalue weighted by Crippen LogP contribution is -2.12. The normalized spacial score (nSPS) is 10.1. The van der Waals surface area contributed by atoms with Crippen LogP contribution >= 0.6 is 0 Å². The van der Waals surface area contributed by atoms with Crippen molar-refractivity contribution < 1.29 is 9.53 Å². The summed E-state index contributed by atoms with van der Waals surface area (Å²) in [7, 11) is 0. The first-order valence-corrected chi connectivity index (χ1v) is 7.21. The molecule has 0 bridgehead atoms. The molecule has 0 saturated heterocycles. The van der Waals surface area contributed by atoms with E-state index in [9.17, 15) is 4.79 Å². The van der Waals surface area contributed by atoms with Crippen molar-refractivity contribution >= 4 is 17.3 Å². The number of hydrogen-bond donors (Lipinski definition) is 2. The molecule has 3 rings (SSSR count). The van der Waals surface area contributed by atoms with E-state index in [0.717, 1.165) is 0 Å². The fourth-order valence-corrected chi connectivity index (χ4v) is 2.15. The van der Waals surface area contributed by atoms with Gasteiger partial charge in [-0.25, -0.2) is 0 Å². The van der Waals surface area contributed by atoms with E-state index in [2.05, 4.69) is 5.32 Å². The second-order valence-corrected chi connectivity index (χ2v) is 4.99. The average Bonchev–Trinajstić information content (AvgIpc) is 2.57. The molecule has 23 heavy (non-hydrogen) atoms. The van der Waals surface area contributed by atoms with Crippen LogP contribution in [0.2, 0.25) is 0 Å². The number of ether oxygens (including phenoxy) is 1. The van der Waals surface area contributed by atoms with Crippen molar-refractivity contribution in [3.05, 3.63) is 84.4 Å². The van der Waals surface area contributed by atoms with Gasteiger partial charge in [0.25, 0.3) is 5.91 Å². The van der Waals surface area contributed by atoms with E-state index in [4.69, 9.17) is 10.5 Å². The number of carbonyl (C=O) groups excluding carboxylic acids is 1. The van der Waals surface area contributed by atoms with Gasteiger partial charge >= 0.3 is 0 Å². The van der Waals surface area contributed by atoms with E-state index >= 15 is 0 Å². The topological polar surface area (TPSA) is 64.4 Å². The maximum absolute atomic E-state index is 12.3. The van der Waals surface area contributed by atoms with Crippen molar-refractivity contribution in [2.24, 2.45) is 0 Å². The summed E-state index contributed by atoms with van der Waals surface area (Å²) < 4.78 is 5.83. The van der Waals surface area contributed by atoms with E-state index in [0.29, 0.717) is 28.4 Å². The Labute approximate surface area is 134 Å². The maximum Gasteiger partial charge on any atom is 0.255 e. The van der Waals surface area contributed by atoms with E-state index in [1.807, 2.05) is 48.5 Å². The fraction of sp³-hybridized carbons (Fsp3) is 0. The molecule has 4 nitrogen and oxygen atoms in total. The van der Waals surface area contributed by atoms with Gasteiger partial charge in [0.1, 0.15) is 5.75 Å². The second-order valence-electron chi connectivity index (χ2n) is 4.99. The SMILES string of the molecule is Nc1cccc(C(=O)Nc2ccccc2Oc2ccccc2)c1. The Morgan fingerprint density at radius 1 is 0.870 bits per heavy atom. The Morgan fingerprint density at radius 3 is 2.39 bits per heavy atom. The summed E-state index contributed by atoms with van der Waals surface area (Å²) in [5.74, 6) is 1.05. The van der Waals surface area contributed by atoms with Crippen LogP contribution < -0.4 is 15.8 Å². The predicted octanol–water partition coefficient (Wildman–Crippen LogP) is 4.31. The highest BCUT2D eigenvalue weighted by atomic mass is 16.5. The van der Waals surface area contributed by atoms with Crippen molar-refractivity contribution in [1.82, 2.24) is 0 Å². The summed E-state index contributed by atoms with van der Waals surface area (Å²) >= 11 is 0. The Kier molecular flexibility index (Phi) is 4.25. The van der Waals surface area contributed by atoms with Crippen LogP contribution in [0.3, 0.4) is 0 Å². The van der Waals surface area contributed by atoms with Crippen LogP contribution in [0.4, 0.5) is 11.4 Å². The maximum atomic E-state index is 12.3. The summed E-state index contributed by atoms with van der Waals surface area (Å²) in [6.07, 6.45) is 0. The van der Waals surface area contributed by atoms with Crippen molar-refractivity contribution in [3.63, 3.8) is 0 Å². The van der Waals surface area contributed by atoms with Crippen LogP contribution in [0.15, 0.2) is 78.9 Å². The number of hydrogen-bond acceptors (Lipinski definition) is 3. The first-order chi connectivity index (χ1) is 11.2. The van der Waals surface area contributed by atoms with Crippen molar-refractivity contribution in [1.29, 1.82) is 0 Å². The number of rotatable bonds is 4. The number of nitrogens with one attached hydrogen (secondary N) is 1.